The number of thiophene rings is 2. The van der Waals surface area contributed by atoms with Gasteiger partial charge >= 0.3 is 0 Å². The van der Waals surface area contributed by atoms with Crippen LogP contribution in [-0.4, -0.2) is 42.5 Å². The lowest BCUT2D eigenvalue weighted by Gasteiger charge is -2.34. The van der Waals surface area contributed by atoms with E-state index in [2.05, 4.69) is 454 Å². The first kappa shape index (κ1) is 79.4. The molecule has 0 fully saturated rings. The van der Waals surface area contributed by atoms with Gasteiger partial charge in [0.15, 0.2) is 34.0 Å². The van der Waals surface area contributed by atoms with E-state index in [1.54, 1.807) is 22.7 Å². The van der Waals surface area contributed by atoms with Crippen LogP contribution in [0.5, 0.6) is 0 Å². The Kier molecular flexibility index (Phi) is 19.1. The highest BCUT2D eigenvalue weighted by molar-refractivity contribution is 7.21. The molecule has 640 valence electrons. The quantitative estimate of drug-likeness (QED) is 0.0706. The van der Waals surface area contributed by atoms with Crippen LogP contribution in [0.4, 0.5) is 0 Å². The van der Waals surface area contributed by atoms with Crippen molar-refractivity contribution >= 4 is 240 Å². The van der Waals surface area contributed by atoms with E-state index in [1.807, 2.05) is 48.5 Å². The molecular weight excluding hydrogens is 1740 g/mol. The Morgan fingerprint density at radius 3 is 0.615 bits per heavy atom. The van der Waals surface area contributed by atoms with Gasteiger partial charge < -0.3 is 26.5 Å². The predicted molar refractivity (Wildman–Crippen MR) is 567 cm³/mol. The van der Waals surface area contributed by atoms with Gasteiger partial charge in [0.25, 0.3) is 0 Å². The van der Waals surface area contributed by atoms with Crippen LogP contribution in [0.25, 0.3) is 154 Å². The summed E-state index contributed by atoms with van der Waals surface area (Å²) in [4.78, 5) is 1.97. The number of para-hydroxylation sites is 4. The van der Waals surface area contributed by atoms with Gasteiger partial charge in [-0.3, -0.25) is 18.3 Å². The monoisotopic (exact) mass is 1820 g/mol. The van der Waals surface area contributed by atoms with E-state index in [0.717, 1.165) is 132 Å². The fraction of sp³-hybridized carbons (Fsp3) is 0. The third-order valence-corrected chi connectivity index (χ3v) is 43.4. The van der Waals surface area contributed by atoms with Crippen LogP contribution in [0.3, 0.4) is 0 Å². The highest BCUT2D eigenvalue weighted by atomic mass is 32.1. The molecule has 0 bridgehead atoms. The molecular formula is C120H80N4O6S2Si3. The Labute approximate surface area is 785 Å². The molecule has 10 nitrogen and oxygen atoms in total. The van der Waals surface area contributed by atoms with Crippen molar-refractivity contribution in [2.45, 2.75) is 0 Å². The molecule has 0 saturated carbocycles. The standard InChI is InChI=1S/2C44H30N2O2Si.C32H20O2S2Si/c2*1-3-11-33(12-4-1)49(34-13-5-2-6-14-34,35-23-19-31(20-24-35)45-29-27-39-37-15-7-9-17-41(37)47-43(39)45)36-25-21-32(22-26-36)46-30-28-40-38-16-8-10-18-42(38)48-44(40)46;1-3-7-21(8-4-1)37(22-9-5-2-6-10-22,23-11-13-29-27(19-23)25-15-17-35-31(25)33-29)24-12-14-30-28(20-24)26-16-18-36-32(26)34-30/h2*1-30H;1-20H. The van der Waals surface area contributed by atoms with Crippen molar-refractivity contribution < 1.29 is 26.5 Å². The SMILES string of the molecule is c1ccc([Si](c2ccccc2)(c2ccc(-n3ccc4c5ccccc5oc43)cc2)c2ccc(-n3ccc4c5ccccc5oc43)cc2)cc1.c1ccc([Si](c2ccccc2)(c2ccc(-n3ccc4c5ccccc5oc43)cc2)c2ccc(-n3ccc4c5ccccc5oc43)cc2)cc1.c1ccc([Si](c2ccccc2)(c2ccc3oc4sccc4c3c2)c2ccc3oc4sccc4c3c2)cc1. The van der Waals surface area contributed by atoms with Crippen molar-refractivity contribution in [1.82, 2.24) is 18.3 Å². The second kappa shape index (κ2) is 32.5. The first-order chi connectivity index (χ1) is 66.9. The molecule has 0 radical (unpaired) electrons. The zero-order valence-electron chi connectivity index (χ0n) is 72.7. The van der Waals surface area contributed by atoms with E-state index >= 15 is 0 Å². The Hall–Kier alpha value is -16.5. The Balaban J connectivity index is 0.000000107. The zero-order valence-corrected chi connectivity index (χ0v) is 77.4. The summed E-state index contributed by atoms with van der Waals surface area (Å²) in [6.45, 7) is 0. The maximum atomic E-state index is 6.33. The smallest absolute Gasteiger partial charge is 0.212 e. The summed E-state index contributed by atoms with van der Waals surface area (Å²) in [6, 6.07) is 162. The summed E-state index contributed by atoms with van der Waals surface area (Å²) < 4.78 is 46.3. The molecule has 28 aromatic rings. The van der Waals surface area contributed by atoms with Gasteiger partial charge in [0.2, 0.25) is 22.9 Å². The van der Waals surface area contributed by atoms with Crippen LogP contribution < -0.4 is 62.2 Å². The summed E-state index contributed by atoms with van der Waals surface area (Å²) in [6.07, 6.45) is 8.42. The molecule has 0 spiro atoms. The summed E-state index contributed by atoms with van der Waals surface area (Å²) >= 11 is 3.31. The molecule has 0 amide bonds. The molecule has 0 aliphatic carbocycles. The van der Waals surface area contributed by atoms with E-state index in [9.17, 15) is 0 Å². The average Bonchev–Trinajstić information content (AvgIpc) is 1.13. The van der Waals surface area contributed by atoms with Crippen molar-refractivity contribution in [3.63, 3.8) is 0 Å². The number of hydrogen-bond donors (Lipinski definition) is 0. The van der Waals surface area contributed by atoms with Crippen LogP contribution in [0.2, 0.25) is 0 Å². The summed E-state index contributed by atoms with van der Waals surface area (Å²) in [5.74, 6) is 0. The minimum atomic E-state index is -2.74. The van der Waals surface area contributed by atoms with Crippen molar-refractivity contribution in [1.29, 1.82) is 0 Å². The van der Waals surface area contributed by atoms with E-state index < -0.39 is 24.2 Å². The van der Waals surface area contributed by atoms with Gasteiger partial charge in [-0.1, -0.05) is 328 Å². The molecule has 0 saturated heterocycles. The van der Waals surface area contributed by atoms with Gasteiger partial charge in [-0.2, -0.15) is 0 Å². The average molecular weight is 1820 g/mol. The van der Waals surface area contributed by atoms with Crippen LogP contribution >= 0.6 is 22.7 Å². The van der Waals surface area contributed by atoms with Crippen LogP contribution in [0, 0.1) is 0 Å². The van der Waals surface area contributed by atoms with Crippen LogP contribution in [-0.2, 0) is 0 Å². The van der Waals surface area contributed by atoms with Crippen molar-refractivity contribution in [3.05, 3.63) is 484 Å². The topological polar surface area (TPSA) is 98.6 Å². The van der Waals surface area contributed by atoms with Crippen molar-refractivity contribution in [2.75, 3.05) is 0 Å². The molecule has 0 aliphatic heterocycles. The number of nitrogens with zero attached hydrogens (tertiary/aromatic N) is 4. The molecule has 0 aliphatic rings. The van der Waals surface area contributed by atoms with E-state index in [4.69, 9.17) is 26.5 Å². The summed E-state index contributed by atoms with van der Waals surface area (Å²) in [5.41, 5.74) is 13.2. The normalized spacial score (nSPS) is 12.1. The molecule has 15 heteroatoms. The molecule has 135 heavy (non-hydrogen) atoms. The third-order valence-electron chi connectivity index (χ3n) is 27.5. The van der Waals surface area contributed by atoms with Crippen molar-refractivity contribution in [2.24, 2.45) is 0 Å². The van der Waals surface area contributed by atoms with E-state index in [-0.39, 0.29) is 0 Å². The highest BCUT2D eigenvalue weighted by Gasteiger charge is 2.45. The van der Waals surface area contributed by atoms with Gasteiger partial charge in [-0.25, -0.2) is 0 Å². The molecule has 28 rings (SSSR count). The van der Waals surface area contributed by atoms with Gasteiger partial charge in [0, 0.05) is 112 Å². The van der Waals surface area contributed by atoms with Crippen molar-refractivity contribution in [3.8, 4) is 22.7 Å². The maximum Gasteiger partial charge on any atom is 0.212 e. The first-order valence-corrected chi connectivity index (χ1v) is 53.2. The summed E-state index contributed by atoms with van der Waals surface area (Å²) in [7, 11) is -8.17. The molecule has 0 N–H and O–H groups in total. The lowest BCUT2D eigenvalue weighted by Crippen LogP contribution is -2.74. The minimum absolute atomic E-state index is 0.864. The first-order valence-electron chi connectivity index (χ1n) is 45.4. The number of fused-ring (bicyclic) bond motifs is 18. The van der Waals surface area contributed by atoms with Crippen LogP contribution in [0.1, 0.15) is 0 Å². The molecule has 0 unspecified atom stereocenters. The summed E-state index contributed by atoms with van der Waals surface area (Å²) in [5, 5.41) is 34.0. The highest BCUT2D eigenvalue weighted by Crippen LogP contribution is 2.39. The fourth-order valence-corrected chi connectivity index (χ4v) is 37.1. The second-order valence-electron chi connectivity index (χ2n) is 34.5. The Bertz CT molecular complexity index is 8320. The van der Waals surface area contributed by atoms with Crippen LogP contribution in [0.15, 0.2) is 511 Å². The lowest BCUT2D eigenvalue weighted by atomic mass is 10.2. The molecule has 12 aromatic heterocycles. The number of benzene rings is 16. The number of rotatable bonds is 16. The maximum absolute atomic E-state index is 6.33. The second-order valence-corrected chi connectivity index (χ2v) is 47.7. The molecule has 0 atom stereocenters. The Morgan fingerprint density at radius 2 is 0.363 bits per heavy atom. The number of aromatic nitrogens is 4. The molecule has 12 heterocycles. The molecule has 16 aromatic carbocycles. The largest absolute Gasteiger partial charge is 0.445 e. The Morgan fingerprint density at radius 1 is 0.156 bits per heavy atom. The number of hydrogen-bond acceptors (Lipinski definition) is 8. The van der Waals surface area contributed by atoms with Gasteiger partial charge in [0.1, 0.15) is 33.5 Å². The lowest BCUT2D eigenvalue weighted by molar-refractivity contribution is 0.642. The third kappa shape index (κ3) is 12.8. The minimum Gasteiger partial charge on any atom is -0.445 e. The number of furan rings is 6. The van der Waals surface area contributed by atoms with E-state index in [0.29, 0.717) is 0 Å². The van der Waals surface area contributed by atoms with Gasteiger partial charge in [0.05, 0.1) is 0 Å². The van der Waals surface area contributed by atoms with Gasteiger partial charge in [-0.15, -0.1) is 22.7 Å². The van der Waals surface area contributed by atoms with E-state index in [1.165, 1.54) is 83.8 Å². The zero-order chi connectivity index (χ0) is 89.1. The van der Waals surface area contributed by atoms with Gasteiger partial charge in [-0.05, 0) is 194 Å². The fourth-order valence-electron chi connectivity index (χ4n) is 21.3. The predicted octanol–water partition coefficient (Wildman–Crippen LogP) is 23.9.